The van der Waals surface area contributed by atoms with Gasteiger partial charge in [0.2, 0.25) is 0 Å². The molecule has 0 bridgehead atoms. The van der Waals surface area contributed by atoms with Crippen LogP contribution in [0.4, 0.5) is 0 Å². The molecular formula is C20H21N3O. The van der Waals surface area contributed by atoms with Crippen molar-refractivity contribution in [2.24, 2.45) is 0 Å². The second-order valence-electron chi connectivity index (χ2n) is 6.27. The summed E-state index contributed by atoms with van der Waals surface area (Å²) in [5.41, 5.74) is 4.68. The van der Waals surface area contributed by atoms with E-state index < -0.39 is 0 Å². The monoisotopic (exact) mass is 319 g/mol. The van der Waals surface area contributed by atoms with Gasteiger partial charge in [-0.2, -0.15) is 0 Å². The van der Waals surface area contributed by atoms with Crippen molar-refractivity contribution in [1.29, 1.82) is 0 Å². The van der Waals surface area contributed by atoms with Gasteiger partial charge < -0.3 is 5.32 Å². The molecule has 0 aliphatic rings. The van der Waals surface area contributed by atoms with Crippen molar-refractivity contribution in [3.05, 3.63) is 71.2 Å². The molecule has 122 valence electrons. The van der Waals surface area contributed by atoms with Gasteiger partial charge in [-0.15, -0.1) is 0 Å². The van der Waals surface area contributed by atoms with Crippen LogP contribution in [0, 0.1) is 13.8 Å². The molecule has 3 rings (SSSR count). The molecule has 0 aliphatic carbocycles. The van der Waals surface area contributed by atoms with Gasteiger partial charge in [0.15, 0.2) is 0 Å². The molecule has 24 heavy (non-hydrogen) atoms. The SMILES string of the molecule is Cc1ccc2c(C(=O)N[C@@H](C)Cc3ccncc3)cc(C)nc2c1. The number of nitrogens with zero attached hydrogens (tertiary/aromatic N) is 2. The number of rotatable bonds is 4. The number of benzene rings is 1. The van der Waals surface area contributed by atoms with Crippen molar-refractivity contribution in [3.63, 3.8) is 0 Å². The molecule has 1 atom stereocenters. The first-order chi connectivity index (χ1) is 11.5. The number of hydrogen-bond acceptors (Lipinski definition) is 3. The fraction of sp³-hybridized carbons (Fsp3) is 0.250. The Labute approximate surface area is 142 Å². The van der Waals surface area contributed by atoms with E-state index in [-0.39, 0.29) is 11.9 Å². The van der Waals surface area contributed by atoms with Crippen molar-refractivity contribution < 1.29 is 4.79 Å². The third kappa shape index (κ3) is 3.59. The molecule has 1 aromatic carbocycles. The molecule has 0 aliphatic heterocycles. The average Bonchev–Trinajstić information content (AvgIpc) is 2.54. The molecule has 0 saturated heterocycles. The van der Waals surface area contributed by atoms with E-state index >= 15 is 0 Å². The lowest BCUT2D eigenvalue weighted by Gasteiger charge is -2.15. The molecule has 2 aromatic heterocycles. The van der Waals surface area contributed by atoms with E-state index in [0.717, 1.165) is 34.1 Å². The minimum Gasteiger partial charge on any atom is -0.349 e. The number of aromatic nitrogens is 2. The minimum absolute atomic E-state index is 0.0360. The van der Waals surface area contributed by atoms with Crippen molar-refractivity contribution in [2.75, 3.05) is 0 Å². The molecule has 0 unspecified atom stereocenters. The van der Waals surface area contributed by atoms with Crippen LogP contribution in [0.1, 0.15) is 34.1 Å². The van der Waals surface area contributed by atoms with Crippen LogP contribution in [0.25, 0.3) is 10.9 Å². The summed E-state index contributed by atoms with van der Waals surface area (Å²) in [5, 5.41) is 3.98. The molecule has 0 saturated carbocycles. The Morgan fingerprint density at radius 2 is 1.88 bits per heavy atom. The van der Waals surface area contributed by atoms with Gasteiger partial charge >= 0.3 is 0 Å². The number of aryl methyl sites for hydroxylation is 2. The quantitative estimate of drug-likeness (QED) is 0.799. The van der Waals surface area contributed by atoms with E-state index in [2.05, 4.69) is 15.3 Å². The smallest absolute Gasteiger partial charge is 0.252 e. The van der Waals surface area contributed by atoms with Gasteiger partial charge in [0.05, 0.1) is 11.1 Å². The lowest BCUT2D eigenvalue weighted by molar-refractivity contribution is 0.0941. The molecule has 1 amide bonds. The summed E-state index contributed by atoms with van der Waals surface area (Å²) in [5.74, 6) is -0.0593. The summed E-state index contributed by atoms with van der Waals surface area (Å²) in [6, 6.07) is 11.8. The maximum Gasteiger partial charge on any atom is 0.252 e. The summed E-state index contributed by atoms with van der Waals surface area (Å²) < 4.78 is 0. The summed E-state index contributed by atoms with van der Waals surface area (Å²) in [6.45, 7) is 5.96. The minimum atomic E-state index is -0.0593. The zero-order valence-electron chi connectivity index (χ0n) is 14.2. The van der Waals surface area contributed by atoms with E-state index in [1.165, 1.54) is 0 Å². The van der Waals surface area contributed by atoms with E-state index in [9.17, 15) is 4.79 Å². The third-order valence-electron chi connectivity index (χ3n) is 4.01. The van der Waals surface area contributed by atoms with Gasteiger partial charge in [-0.3, -0.25) is 14.8 Å². The number of hydrogen-bond donors (Lipinski definition) is 1. The predicted molar refractivity (Wildman–Crippen MR) is 96.1 cm³/mol. The molecule has 3 aromatic rings. The highest BCUT2D eigenvalue weighted by molar-refractivity contribution is 6.06. The first kappa shape index (κ1) is 16.1. The molecule has 4 heteroatoms. The maximum atomic E-state index is 12.7. The normalized spacial score (nSPS) is 12.1. The fourth-order valence-corrected chi connectivity index (χ4v) is 2.88. The third-order valence-corrected chi connectivity index (χ3v) is 4.01. The highest BCUT2D eigenvalue weighted by Crippen LogP contribution is 2.20. The van der Waals surface area contributed by atoms with Crippen LogP contribution in [0.15, 0.2) is 48.8 Å². The second kappa shape index (κ2) is 6.79. The molecule has 2 heterocycles. The predicted octanol–water partition coefficient (Wildman–Crippen LogP) is 3.61. The van der Waals surface area contributed by atoms with Gasteiger partial charge in [-0.25, -0.2) is 0 Å². The molecule has 4 nitrogen and oxygen atoms in total. The lowest BCUT2D eigenvalue weighted by atomic mass is 10.0. The topological polar surface area (TPSA) is 54.9 Å². The molecular weight excluding hydrogens is 298 g/mol. The van der Waals surface area contributed by atoms with Crippen LogP contribution >= 0.6 is 0 Å². The highest BCUT2D eigenvalue weighted by atomic mass is 16.1. The van der Waals surface area contributed by atoms with E-state index in [1.54, 1.807) is 12.4 Å². The zero-order valence-corrected chi connectivity index (χ0v) is 14.2. The van der Waals surface area contributed by atoms with Gasteiger partial charge in [0.25, 0.3) is 5.91 Å². The number of amides is 1. The molecule has 0 radical (unpaired) electrons. The number of nitrogens with one attached hydrogen (secondary N) is 1. The van der Waals surface area contributed by atoms with Crippen molar-refractivity contribution >= 4 is 16.8 Å². The highest BCUT2D eigenvalue weighted by Gasteiger charge is 2.14. The van der Waals surface area contributed by atoms with Gasteiger partial charge in [-0.1, -0.05) is 12.1 Å². The summed E-state index contributed by atoms with van der Waals surface area (Å²) >= 11 is 0. The molecule has 0 spiro atoms. The van der Waals surface area contributed by atoms with Crippen LogP contribution in [-0.2, 0) is 6.42 Å². The van der Waals surface area contributed by atoms with Gasteiger partial charge in [0, 0.05) is 29.5 Å². The first-order valence-electron chi connectivity index (χ1n) is 8.10. The van der Waals surface area contributed by atoms with Crippen molar-refractivity contribution in [2.45, 2.75) is 33.2 Å². The summed E-state index contributed by atoms with van der Waals surface area (Å²) in [7, 11) is 0. The first-order valence-corrected chi connectivity index (χ1v) is 8.10. The average molecular weight is 319 g/mol. The Balaban J connectivity index is 1.83. The van der Waals surface area contributed by atoms with Crippen LogP contribution in [0.3, 0.4) is 0 Å². The van der Waals surface area contributed by atoms with Crippen LogP contribution in [0.5, 0.6) is 0 Å². The van der Waals surface area contributed by atoms with E-state index in [4.69, 9.17) is 0 Å². The number of fused-ring (bicyclic) bond motifs is 1. The van der Waals surface area contributed by atoms with Crippen LogP contribution < -0.4 is 5.32 Å². The van der Waals surface area contributed by atoms with Crippen molar-refractivity contribution in [3.8, 4) is 0 Å². The Morgan fingerprint density at radius 1 is 1.12 bits per heavy atom. The van der Waals surface area contributed by atoms with Gasteiger partial charge in [0.1, 0.15) is 0 Å². The fourth-order valence-electron chi connectivity index (χ4n) is 2.88. The number of carbonyl (C=O) groups excluding carboxylic acids is 1. The Bertz CT molecular complexity index is 869. The van der Waals surface area contributed by atoms with Gasteiger partial charge in [-0.05, 0) is 62.6 Å². The number of pyridine rings is 2. The Hall–Kier alpha value is -2.75. The zero-order chi connectivity index (χ0) is 17.1. The standard InChI is InChI=1S/C20H21N3O/c1-13-4-5-17-18(12-15(3)22-19(17)10-13)20(24)23-14(2)11-16-6-8-21-9-7-16/h4-10,12,14H,11H2,1-3H3,(H,23,24)/t14-/m0/s1. The lowest BCUT2D eigenvalue weighted by Crippen LogP contribution is -2.34. The largest absolute Gasteiger partial charge is 0.349 e. The Morgan fingerprint density at radius 3 is 2.62 bits per heavy atom. The molecule has 1 N–H and O–H groups in total. The maximum absolute atomic E-state index is 12.7. The van der Waals surface area contributed by atoms with Crippen LogP contribution in [0.2, 0.25) is 0 Å². The summed E-state index contributed by atoms with van der Waals surface area (Å²) in [6.07, 6.45) is 4.31. The molecule has 0 fully saturated rings. The Kier molecular flexibility index (Phi) is 4.56. The van der Waals surface area contributed by atoms with E-state index in [1.807, 2.05) is 57.2 Å². The van der Waals surface area contributed by atoms with E-state index in [0.29, 0.717) is 5.56 Å². The van der Waals surface area contributed by atoms with Crippen molar-refractivity contribution in [1.82, 2.24) is 15.3 Å². The number of carbonyl (C=O) groups is 1. The van der Waals surface area contributed by atoms with Crippen LogP contribution in [-0.4, -0.2) is 21.9 Å². The summed E-state index contributed by atoms with van der Waals surface area (Å²) in [4.78, 5) is 21.3. The second-order valence-corrected chi connectivity index (χ2v) is 6.27.